The second kappa shape index (κ2) is 7.32. The fourth-order valence-electron chi connectivity index (χ4n) is 2.09. The quantitative estimate of drug-likeness (QED) is 0.674. The molecule has 0 saturated carbocycles. The van der Waals surface area contributed by atoms with E-state index in [0.717, 1.165) is 27.3 Å². The number of nitrogens with zero attached hydrogens (tertiary/aromatic N) is 3. The summed E-state index contributed by atoms with van der Waals surface area (Å²) >= 11 is 2.62. The van der Waals surface area contributed by atoms with E-state index in [1.807, 2.05) is 13.8 Å². The Kier molecular flexibility index (Phi) is 5.14. The largest absolute Gasteiger partial charge is 0.410 e. The Morgan fingerprint density at radius 1 is 1.36 bits per heavy atom. The van der Waals surface area contributed by atoms with Crippen LogP contribution in [0, 0.1) is 19.7 Å². The Morgan fingerprint density at radius 3 is 2.84 bits per heavy atom. The van der Waals surface area contributed by atoms with Crippen molar-refractivity contribution in [2.45, 2.75) is 31.2 Å². The van der Waals surface area contributed by atoms with Crippen LogP contribution in [-0.2, 0) is 4.79 Å². The number of benzene rings is 1. The van der Waals surface area contributed by atoms with Gasteiger partial charge in [0.15, 0.2) is 0 Å². The number of carbonyl (C=O) groups is 1. The monoisotopic (exact) mass is 378 g/mol. The molecule has 0 aliphatic rings. The van der Waals surface area contributed by atoms with Crippen LogP contribution < -0.4 is 5.32 Å². The molecule has 0 saturated heterocycles. The van der Waals surface area contributed by atoms with Crippen LogP contribution in [0.15, 0.2) is 33.9 Å². The Labute approximate surface area is 151 Å². The first-order valence-electron chi connectivity index (χ1n) is 7.43. The molecule has 2 aromatic heterocycles. The van der Waals surface area contributed by atoms with Crippen LogP contribution in [0.5, 0.6) is 0 Å². The molecule has 1 N–H and O–H groups in total. The molecule has 1 amide bonds. The van der Waals surface area contributed by atoms with Gasteiger partial charge in [-0.2, -0.15) is 0 Å². The number of aromatic nitrogens is 3. The van der Waals surface area contributed by atoms with Crippen molar-refractivity contribution in [3.05, 3.63) is 40.8 Å². The molecule has 3 rings (SSSR count). The molecule has 1 atom stereocenters. The molecule has 0 aliphatic carbocycles. The van der Waals surface area contributed by atoms with Gasteiger partial charge in [-0.25, -0.2) is 9.37 Å². The summed E-state index contributed by atoms with van der Waals surface area (Å²) < 4.78 is 18.8. The molecule has 0 aliphatic heterocycles. The zero-order valence-electron chi connectivity index (χ0n) is 13.7. The van der Waals surface area contributed by atoms with Crippen LogP contribution in [0.25, 0.3) is 10.8 Å². The molecule has 0 bridgehead atoms. The van der Waals surface area contributed by atoms with Crippen molar-refractivity contribution < 1.29 is 13.6 Å². The highest BCUT2D eigenvalue weighted by Gasteiger charge is 2.20. The highest BCUT2D eigenvalue weighted by Crippen LogP contribution is 2.31. The number of anilines is 1. The van der Waals surface area contributed by atoms with Gasteiger partial charge in [0.2, 0.25) is 5.91 Å². The topological polar surface area (TPSA) is 80.9 Å². The molecule has 0 radical (unpaired) electrons. The molecule has 2 heterocycles. The fourth-order valence-corrected chi connectivity index (χ4v) is 3.62. The molecule has 1 aromatic carbocycles. The smallest absolute Gasteiger partial charge is 0.277 e. The molecule has 0 fully saturated rings. The summed E-state index contributed by atoms with van der Waals surface area (Å²) in [6.07, 6.45) is 0. The van der Waals surface area contributed by atoms with Crippen LogP contribution in [0.2, 0.25) is 0 Å². The zero-order valence-corrected chi connectivity index (χ0v) is 15.4. The third-order valence-electron chi connectivity index (χ3n) is 3.24. The number of hydrogen-bond acceptors (Lipinski definition) is 7. The second-order valence-corrected chi connectivity index (χ2v) is 7.78. The van der Waals surface area contributed by atoms with E-state index in [0.29, 0.717) is 16.8 Å². The molecule has 130 valence electrons. The lowest BCUT2D eigenvalue weighted by Gasteiger charge is -2.09. The van der Waals surface area contributed by atoms with E-state index in [1.54, 1.807) is 13.0 Å². The van der Waals surface area contributed by atoms with Crippen LogP contribution in [0.3, 0.4) is 0 Å². The summed E-state index contributed by atoms with van der Waals surface area (Å²) in [6.45, 7) is 5.50. The van der Waals surface area contributed by atoms with E-state index in [-0.39, 0.29) is 5.91 Å². The standard InChI is InChI=1S/C16H15FN4O2S2/c1-8-13(25-10(3)18-8)15-20-21-16(23-15)24-9(2)14(22)19-12-6-4-5-11(17)7-12/h4-7,9H,1-3H3,(H,19,22). The SMILES string of the molecule is Cc1nc(C)c(-c2nnc(SC(C)C(=O)Nc3cccc(F)c3)o2)s1. The van der Waals surface area contributed by atoms with Gasteiger partial charge in [0, 0.05) is 5.69 Å². The van der Waals surface area contributed by atoms with Crippen LogP contribution in [-0.4, -0.2) is 26.3 Å². The average molecular weight is 378 g/mol. The van der Waals surface area contributed by atoms with E-state index < -0.39 is 11.1 Å². The maximum Gasteiger partial charge on any atom is 0.277 e. The summed E-state index contributed by atoms with van der Waals surface area (Å²) in [7, 11) is 0. The number of hydrogen-bond donors (Lipinski definition) is 1. The van der Waals surface area contributed by atoms with Crippen LogP contribution >= 0.6 is 23.1 Å². The van der Waals surface area contributed by atoms with Gasteiger partial charge in [-0.15, -0.1) is 21.5 Å². The van der Waals surface area contributed by atoms with Gasteiger partial charge in [-0.05, 0) is 39.0 Å². The number of rotatable bonds is 5. The van der Waals surface area contributed by atoms with E-state index in [4.69, 9.17) is 4.42 Å². The summed E-state index contributed by atoms with van der Waals surface area (Å²) in [6, 6.07) is 5.73. The van der Waals surface area contributed by atoms with Crippen molar-refractivity contribution in [3.63, 3.8) is 0 Å². The summed E-state index contributed by atoms with van der Waals surface area (Å²) in [5.74, 6) is -0.293. The first-order chi connectivity index (χ1) is 11.9. The van der Waals surface area contributed by atoms with E-state index >= 15 is 0 Å². The van der Waals surface area contributed by atoms with Gasteiger partial charge in [0.25, 0.3) is 11.1 Å². The van der Waals surface area contributed by atoms with Crippen molar-refractivity contribution >= 4 is 34.7 Å². The fraction of sp³-hybridized carbons (Fsp3) is 0.250. The van der Waals surface area contributed by atoms with Gasteiger partial charge in [-0.3, -0.25) is 4.79 Å². The van der Waals surface area contributed by atoms with Crippen LogP contribution in [0.1, 0.15) is 17.6 Å². The minimum absolute atomic E-state index is 0.278. The van der Waals surface area contributed by atoms with E-state index in [9.17, 15) is 9.18 Å². The van der Waals surface area contributed by atoms with Gasteiger partial charge in [0.1, 0.15) is 10.7 Å². The van der Waals surface area contributed by atoms with Crippen LogP contribution in [0.4, 0.5) is 10.1 Å². The highest BCUT2D eigenvalue weighted by molar-refractivity contribution is 8.00. The minimum atomic E-state index is -0.485. The van der Waals surface area contributed by atoms with Crippen molar-refractivity contribution in [2.75, 3.05) is 5.32 Å². The lowest BCUT2D eigenvalue weighted by Crippen LogP contribution is -2.22. The predicted molar refractivity (Wildman–Crippen MR) is 95.2 cm³/mol. The molecular weight excluding hydrogens is 363 g/mol. The highest BCUT2D eigenvalue weighted by atomic mass is 32.2. The number of nitrogens with one attached hydrogen (secondary N) is 1. The predicted octanol–water partition coefficient (Wildman–Crippen LogP) is 4.07. The Morgan fingerprint density at radius 2 is 2.16 bits per heavy atom. The van der Waals surface area contributed by atoms with Gasteiger partial charge < -0.3 is 9.73 Å². The number of amides is 1. The molecule has 6 nitrogen and oxygen atoms in total. The maximum absolute atomic E-state index is 13.2. The normalized spacial score (nSPS) is 12.2. The van der Waals surface area contributed by atoms with Crippen molar-refractivity contribution in [1.82, 2.24) is 15.2 Å². The number of thioether (sulfide) groups is 1. The third kappa shape index (κ3) is 4.23. The first kappa shape index (κ1) is 17.6. The lowest BCUT2D eigenvalue weighted by molar-refractivity contribution is -0.115. The first-order valence-corrected chi connectivity index (χ1v) is 9.13. The van der Waals surface area contributed by atoms with E-state index in [1.165, 1.54) is 29.5 Å². The lowest BCUT2D eigenvalue weighted by atomic mass is 10.3. The molecular formula is C16H15FN4O2S2. The number of aryl methyl sites for hydroxylation is 2. The minimum Gasteiger partial charge on any atom is -0.410 e. The van der Waals surface area contributed by atoms with Crippen molar-refractivity contribution in [3.8, 4) is 10.8 Å². The summed E-state index contributed by atoms with van der Waals surface area (Å²) in [4.78, 5) is 17.4. The Hall–Kier alpha value is -2.26. The Balaban J connectivity index is 1.66. The van der Waals surface area contributed by atoms with Gasteiger partial charge in [0.05, 0.1) is 16.0 Å². The molecule has 1 unspecified atom stereocenters. The molecule has 9 heteroatoms. The van der Waals surface area contributed by atoms with Crippen molar-refractivity contribution in [1.29, 1.82) is 0 Å². The number of halogens is 1. The number of carbonyl (C=O) groups excluding carboxylic acids is 1. The molecule has 3 aromatic rings. The van der Waals surface area contributed by atoms with E-state index in [2.05, 4.69) is 20.5 Å². The average Bonchev–Trinajstić information content (AvgIpc) is 3.13. The van der Waals surface area contributed by atoms with Gasteiger partial charge in [-0.1, -0.05) is 17.8 Å². The summed E-state index contributed by atoms with van der Waals surface area (Å²) in [5, 5.41) is 11.4. The maximum atomic E-state index is 13.2. The molecule has 0 spiro atoms. The Bertz CT molecular complexity index is 909. The third-order valence-corrected chi connectivity index (χ3v) is 5.24. The number of thiazole rings is 1. The molecule has 25 heavy (non-hydrogen) atoms. The van der Waals surface area contributed by atoms with Gasteiger partial charge >= 0.3 is 0 Å². The zero-order chi connectivity index (χ0) is 18.0. The van der Waals surface area contributed by atoms with Crippen molar-refractivity contribution in [2.24, 2.45) is 0 Å². The second-order valence-electron chi connectivity index (χ2n) is 5.28. The summed E-state index contributed by atoms with van der Waals surface area (Å²) in [5.41, 5.74) is 1.24.